The van der Waals surface area contributed by atoms with Gasteiger partial charge in [-0.2, -0.15) is 0 Å². The predicted molar refractivity (Wildman–Crippen MR) is 77.3 cm³/mol. The summed E-state index contributed by atoms with van der Waals surface area (Å²) >= 11 is 3.43. The van der Waals surface area contributed by atoms with Crippen molar-refractivity contribution in [2.45, 2.75) is 25.1 Å². The molecule has 0 radical (unpaired) electrons. The molecule has 3 atom stereocenters. The maximum absolute atomic E-state index is 12.2. The molecular formula is C13H18BrNO2S. The highest BCUT2D eigenvalue weighted by Gasteiger charge is 2.34. The van der Waals surface area contributed by atoms with E-state index in [9.17, 15) is 8.42 Å². The summed E-state index contributed by atoms with van der Waals surface area (Å²) in [7, 11) is -3.04. The Morgan fingerprint density at radius 2 is 2.06 bits per heavy atom. The summed E-state index contributed by atoms with van der Waals surface area (Å²) in [6.07, 6.45) is 0. The fraction of sp³-hybridized carbons (Fsp3) is 0.538. The van der Waals surface area contributed by atoms with Gasteiger partial charge in [0.25, 0.3) is 0 Å². The minimum atomic E-state index is -3.04. The summed E-state index contributed by atoms with van der Waals surface area (Å²) in [4.78, 5) is 0. The third-order valence-corrected chi connectivity index (χ3v) is 6.38. The predicted octanol–water partition coefficient (Wildman–Crippen LogP) is 2.53. The van der Waals surface area contributed by atoms with Crippen LogP contribution in [0.15, 0.2) is 28.7 Å². The normalized spacial score (nSPS) is 31.8. The first-order valence-corrected chi connectivity index (χ1v) is 8.61. The lowest BCUT2D eigenvalue weighted by atomic mass is 10.0. The van der Waals surface area contributed by atoms with E-state index in [2.05, 4.69) is 21.2 Å². The summed E-state index contributed by atoms with van der Waals surface area (Å²) in [5.74, 6) is 0.431. The van der Waals surface area contributed by atoms with Crippen LogP contribution < -0.4 is 5.32 Å². The Morgan fingerprint density at radius 1 is 1.33 bits per heavy atom. The van der Waals surface area contributed by atoms with E-state index in [0.717, 1.165) is 16.6 Å². The molecule has 0 bridgehead atoms. The molecule has 1 aromatic carbocycles. The molecule has 3 unspecified atom stereocenters. The number of halogens is 1. The molecule has 1 aliphatic heterocycles. The van der Waals surface area contributed by atoms with Crippen LogP contribution in [0.2, 0.25) is 0 Å². The van der Waals surface area contributed by atoms with Gasteiger partial charge in [-0.15, -0.1) is 0 Å². The summed E-state index contributed by atoms with van der Waals surface area (Å²) in [6, 6.07) is 7.72. The Hall–Kier alpha value is -0.390. The number of benzene rings is 1. The maximum atomic E-state index is 12.2. The van der Waals surface area contributed by atoms with Crippen molar-refractivity contribution in [1.82, 2.24) is 5.32 Å². The van der Waals surface area contributed by atoms with Crippen molar-refractivity contribution in [3.63, 3.8) is 0 Å². The molecular weight excluding hydrogens is 314 g/mol. The zero-order valence-corrected chi connectivity index (χ0v) is 13.0. The lowest BCUT2D eigenvalue weighted by Gasteiger charge is -2.22. The van der Waals surface area contributed by atoms with Crippen LogP contribution in [0, 0.1) is 5.92 Å². The van der Waals surface area contributed by atoms with E-state index in [-0.39, 0.29) is 17.7 Å². The van der Waals surface area contributed by atoms with E-state index in [1.807, 2.05) is 31.2 Å². The van der Waals surface area contributed by atoms with Gasteiger partial charge in [0.1, 0.15) is 0 Å². The molecule has 0 amide bonds. The molecule has 2 rings (SSSR count). The molecule has 0 spiro atoms. The Bertz CT molecular complexity index is 530. The van der Waals surface area contributed by atoms with Gasteiger partial charge in [0.2, 0.25) is 0 Å². The lowest BCUT2D eigenvalue weighted by Crippen LogP contribution is -2.33. The van der Waals surface area contributed by atoms with Crippen molar-refractivity contribution in [2.75, 3.05) is 12.3 Å². The molecule has 0 aromatic heterocycles. The smallest absolute Gasteiger partial charge is 0.155 e. The van der Waals surface area contributed by atoms with Crippen LogP contribution in [0.3, 0.4) is 0 Å². The first kappa shape index (κ1) is 14.0. The van der Waals surface area contributed by atoms with Gasteiger partial charge in [0, 0.05) is 10.5 Å². The molecule has 1 heterocycles. The van der Waals surface area contributed by atoms with Gasteiger partial charge in [-0.1, -0.05) is 35.0 Å². The quantitative estimate of drug-likeness (QED) is 0.860. The second-order valence-corrected chi connectivity index (χ2v) is 8.40. The first-order valence-electron chi connectivity index (χ1n) is 6.10. The minimum Gasteiger partial charge on any atom is -0.309 e. The third-order valence-electron chi connectivity index (χ3n) is 3.45. The lowest BCUT2D eigenvalue weighted by molar-refractivity contribution is 0.487. The van der Waals surface area contributed by atoms with Crippen LogP contribution in [0.5, 0.6) is 0 Å². The molecule has 1 aliphatic rings. The van der Waals surface area contributed by atoms with E-state index in [1.165, 1.54) is 0 Å². The van der Waals surface area contributed by atoms with E-state index >= 15 is 0 Å². The zero-order valence-electron chi connectivity index (χ0n) is 10.6. The second-order valence-electron chi connectivity index (χ2n) is 5.08. The third kappa shape index (κ3) is 2.95. The summed E-state index contributed by atoms with van der Waals surface area (Å²) < 4.78 is 25.4. The van der Waals surface area contributed by atoms with Crippen LogP contribution in [-0.4, -0.2) is 26.0 Å². The monoisotopic (exact) mass is 331 g/mol. The highest BCUT2D eigenvalue weighted by molar-refractivity contribution is 9.10. The Kier molecular flexibility index (Phi) is 4.14. The Labute approximate surface area is 117 Å². The van der Waals surface area contributed by atoms with Crippen molar-refractivity contribution in [3.05, 3.63) is 34.3 Å². The molecule has 1 fully saturated rings. The molecule has 3 nitrogen and oxygen atoms in total. The van der Waals surface area contributed by atoms with Crippen LogP contribution in [0.4, 0.5) is 0 Å². The average molecular weight is 332 g/mol. The van der Waals surface area contributed by atoms with Gasteiger partial charge in [0.15, 0.2) is 9.84 Å². The highest BCUT2D eigenvalue weighted by atomic mass is 79.9. The van der Waals surface area contributed by atoms with Gasteiger partial charge in [-0.3, -0.25) is 0 Å². The van der Waals surface area contributed by atoms with E-state index in [1.54, 1.807) is 6.92 Å². The SMILES string of the molecule is CC1CNC(c2cccc(Br)c2)C(C)S(=O)(=O)C1. The van der Waals surface area contributed by atoms with E-state index < -0.39 is 15.1 Å². The number of nitrogens with one attached hydrogen (secondary N) is 1. The highest BCUT2D eigenvalue weighted by Crippen LogP contribution is 2.28. The Balaban J connectivity index is 2.37. The molecule has 1 N–H and O–H groups in total. The van der Waals surface area contributed by atoms with Gasteiger partial charge in [0.05, 0.1) is 11.0 Å². The fourth-order valence-corrected chi connectivity index (χ4v) is 4.70. The van der Waals surface area contributed by atoms with Gasteiger partial charge in [-0.25, -0.2) is 8.42 Å². The molecule has 0 saturated carbocycles. The Morgan fingerprint density at radius 3 is 2.72 bits per heavy atom. The summed E-state index contributed by atoms with van der Waals surface area (Å²) in [5, 5.41) is 2.99. The van der Waals surface area contributed by atoms with E-state index in [0.29, 0.717) is 0 Å². The van der Waals surface area contributed by atoms with Crippen LogP contribution >= 0.6 is 15.9 Å². The van der Waals surface area contributed by atoms with Crippen molar-refractivity contribution in [1.29, 1.82) is 0 Å². The molecule has 100 valence electrons. The molecule has 5 heteroatoms. The van der Waals surface area contributed by atoms with E-state index in [4.69, 9.17) is 0 Å². The molecule has 1 aromatic rings. The van der Waals surface area contributed by atoms with Crippen LogP contribution in [-0.2, 0) is 9.84 Å². The second kappa shape index (κ2) is 5.31. The molecule has 18 heavy (non-hydrogen) atoms. The number of sulfone groups is 1. The topological polar surface area (TPSA) is 46.2 Å². The van der Waals surface area contributed by atoms with Gasteiger partial charge < -0.3 is 5.32 Å². The van der Waals surface area contributed by atoms with Crippen molar-refractivity contribution < 1.29 is 8.42 Å². The number of hydrogen-bond donors (Lipinski definition) is 1. The van der Waals surface area contributed by atoms with Crippen LogP contribution in [0.1, 0.15) is 25.5 Å². The van der Waals surface area contributed by atoms with Crippen molar-refractivity contribution >= 4 is 25.8 Å². The summed E-state index contributed by atoms with van der Waals surface area (Å²) in [5.41, 5.74) is 1.02. The van der Waals surface area contributed by atoms with Gasteiger partial charge >= 0.3 is 0 Å². The minimum absolute atomic E-state index is 0.127. The average Bonchev–Trinajstić information content (AvgIpc) is 2.37. The van der Waals surface area contributed by atoms with Crippen LogP contribution in [0.25, 0.3) is 0 Å². The van der Waals surface area contributed by atoms with Gasteiger partial charge in [-0.05, 0) is 37.1 Å². The maximum Gasteiger partial charge on any atom is 0.155 e. The molecule has 0 aliphatic carbocycles. The standard InChI is InChI=1S/C13H18BrNO2S/c1-9-7-15-13(10(2)18(16,17)8-9)11-4-3-5-12(14)6-11/h3-6,9-10,13,15H,7-8H2,1-2H3. The number of hydrogen-bond acceptors (Lipinski definition) is 3. The van der Waals surface area contributed by atoms with Crippen molar-refractivity contribution in [3.8, 4) is 0 Å². The fourth-order valence-electron chi connectivity index (χ4n) is 2.40. The first-order chi connectivity index (χ1) is 8.40. The summed E-state index contributed by atoms with van der Waals surface area (Å²) in [6.45, 7) is 4.51. The largest absolute Gasteiger partial charge is 0.309 e. The number of rotatable bonds is 1. The molecule has 1 saturated heterocycles. The zero-order chi connectivity index (χ0) is 13.3. The van der Waals surface area contributed by atoms with Crippen molar-refractivity contribution in [2.24, 2.45) is 5.92 Å².